The van der Waals surface area contributed by atoms with Gasteiger partial charge in [0.05, 0.1) is 25.4 Å². The average Bonchev–Trinajstić information content (AvgIpc) is 3.26. The number of rotatable bonds is 23. The molecular weight excluding hydrogens is 526 g/mol. The fourth-order valence-electron chi connectivity index (χ4n) is 5.29. The van der Waals surface area contributed by atoms with E-state index >= 15 is 0 Å². The molecule has 8 atom stereocenters. The monoisotopic (exact) mass is 589 g/mol. The third-order valence-corrected chi connectivity index (χ3v) is 7.61. The molecule has 2 aliphatic heterocycles. The molecule has 2 rings (SSSR count). The fraction of sp³-hybridized carbons (Fsp3) is 1.00. The highest BCUT2D eigenvalue weighted by Crippen LogP contribution is 2.33. The summed E-state index contributed by atoms with van der Waals surface area (Å²) in [4.78, 5) is 0. The number of ether oxygens (including phenoxy) is 8. The first-order valence-electron chi connectivity index (χ1n) is 16.6. The summed E-state index contributed by atoms with van der Waals surface area (Å²) in [5.41, 5.74) is 6.69. The third-order valence-electron chi connectivity index (χ3n) is 7.61. The van der Waals surface area contributed by atoms with Gasteiger partial charge in [-0.05, 0) is 46.0 Å². The fourth-order valence-corrected chi connectivity index (χ4v) is 5.29. The first-order valence-corrected chi connectivity index (χ1v) is 16.6. The van der Waals surface area contributed by atoms with Gasteiger partial charge in [0.15, 0.2) is 12.1 Å². The molecule has 2 fully saturated rings. The van der Waals surface area contributed by atoms with E-state index in [4.69, 9.17) is 43.6 Å². The van der Waals surface area contributed by atoms with Crippen molar-refractivity contribution in [2.45, 2.75) is 167 Å². The summed E-state index contributed by atoms with van der Waals surface area (Å²) in [6.45, 7) is 17.8. The Morgan fingerprint density at radius 3 is 1.80 bits per heavy atom. The van der Waals surface area contributed by atoms with Crippen molar-refractivity contribution in [3.05, 3.63) is 0 Å². The zero-order valence-corrected chi connectivity index (χ0v) is 27.3. The highest BCUT2D eigenvalue weighted by atomic mass is 16.8. The van der Waals surface area contributed by atoms with Crippen LogP contribution in [0.2, 0.25) is 0 Å². The summed E-state index contributed by atoms with van der Waals surface area (Å²) in [7, 11) is 0. The third kappa shape index (κ3) is 12.6. The van der Waals surface area contributed by atoms with Gasteiger partial charge in [0.25, 0.3) is 0 Å². The van der Waals surface area contributed by atoms with Crippen molar-refractivity contribution in [2.24, 2.45) is 5.73 Å². The molecule has 0 amide bonds. The summed E-state index contributed by atoms with van der Waals surface area (Å²) in [6, 6.07) is -0.384. The molecule has 0 radical (unpaired) electrons. The van der Waals surface area contributed by atoms with Gasteiger partial charge in [-0.2, -0.15) is 0 Å². The Kier molecular flexibility index (Phi) is 18.5. The van der Waals surface area contributed by atoms with Crippen molar-refractivity contribution < 1.29 is 37.9 Å². The molecule has 2 N–H and O–H groups in total. The maximum absolute atomic E-state index is 6.69. The van der Waals surface area contributed by atoms with E-state index in [2.05, 4.69) is 34.6 Å². The molecule has 0 bridgehead atoms. The lowest BCUT2D eigenvalue weighted by Gasteiger charge is -2.46. The Balaban J connectivity index is 2.25. The molecular formula is C32H63NO8. The van der Waals surface area contributed by atoms with Gasteiger partial charge in [0.1, 0.15) is 30.5 Å². The average molecular weight is 590 g/mol. The molecule has 2 aliphatic rings. The van der Waals surface area contributed by atoms with Gasteiger partial charge in [0.2, 0.25) is 0 Å². The van der Waals surface area contributed by atoms with Crippen LogP contribution in [0.25, 0.3) is 0 Å². The molecule has 0 saturated carbocycles. The zero-order chi connectivity index (χ0) is 30.1. The second-order valence-electron chi connectivity index (χ2n) is 12.0. The molecule has 2 saturated heterocycles. The summed E-state index contributed by atoms with van der Waals surface area (Å²) in [5, 5.41) is 0. The van der Waals surface area contributed by atoms with Crippen molar-refractivity contribution in [3.8, 4) is 0 Å². The lowest BCUT2D eigenvalue weighted by atomic mass is 9.97. The van der Waals surface area contributed by atoms with E-state index in [0.29, 0.717) is 33.0 Å². The van der Waals surface area contributed by atoms with Crippen LogP contribution in [-0.2, 0) is 37.9 Å². The van der Waals surface area contributed by atoms with Gasteiger partial charge in [-0.25, -0.2) is 0 Å². The van der Waals surface area contributed by atoms with E-state index in [9.17, 15) is 0 Å². The minimum absolute atomic E-state index is 0.0707. The highest BCUT2D eigenvalue weighted by molar-refractivity contribution is 4.94. The summed E-state index contributed by atoms with van der Waals surface area (Å²) in [6.07, 6.45) is 7.48. The first kappa shape index (κ1) is 36.8. The normalized spacial score (nSPS) is 30.6. The standard InChI is InChI=1S/C32H63NO8/c1-8-13-18-34-23-26-28(35-19-14-9-2)29(36-20-15-10-3)30(37-21-16-11-4)31(39-26)38-22-24(33)27-25(17-12-5)40-32(6,7)41-27/h24-31H,8-23,33H2,1-7H3/t24-,25+,26?,27-,28?,29?,30?,31?/m0/s1. The maximum Gasteiger partial charge on any atom is 0.186 e. The minimum atomic E-state index is -0.671. The van der Waals surface area contributed by atoms with Gasteiger partial charge in [-0.3, -0.25) is 0 Å². The smallest absolute Gasteiger partial charge is 0.186 e. The molecule has 0 spiro atoms. The highest BCUT2D eigenvalue weighted by Gasteiger charge is 2.50. The molecule has 9 nitrogen and oxygen atoms in total. The van der Waals surface area contributed by atoms with E-state index in [1.54, 1.807) is 0 Å². The molecule has 0 aliphatic carbocycles. The van der Waals surface area contributed by atoms with Gasteiger partial charge in [0, 0.05) is 26.4 Å². The van der Waals surface area contributed by atoms with Crippen LogP contribution in [0.1, 0.15) is 113 Å². The zero-order valence-electron chi connectivity index (χ0n) is 27.3. The van der Waals surface area contributed by atoms with Crippen LogP contribution in [0.15, 0.2) is 0 Å². The maximum atomic E-state index is 6.69. The Hall–Kier alpha value is -0.360. The van der Waals surface area contributed by atoms with Crippen LogP contribution in [0, 0.1) is 0 Å². The lowest BCUT2D eigenvalue weighted by Crippen LogP contribution is -2.62. The Bertz CT molecular complexity index is 653. The van der Waals surface area contributed by atoms with Crippen LogP contribution >= 0.6 is 0 Å². The number of unbranched alkanes of at least 4 members (excludes halogenated alkanes) is 4. The minimum Gasteiger partial charge on any atom is -0.379 e. The van der Waals surface area contributed by atoms with Crippen molar-refractivity contribution in [3.63, 3.8) is 0 Å². The number of hydrogen-bond acceptors (Lipinski definition) is 9. The second-order valence-corrected chi connectivity index (χ2v) is 12.0. The molecule has 2 heterocycles. The summed E-state index contributed by atoms with van der Waals surface area (Å²) >= 11 is 0. The molecule has 244 valence electrons. The van der Waals surface area contributed by atoms with Crippen molar-refractivity contribution in [1.82, 2.24) is 0 Å². The number of hydrogen-bond donors (Lipinski definition) is 1. The predicted octanol–water partition coefficient (Wildman–Crippen LogP) is 5.75. The Labute approximate surface area is 250 Å². The van der Waals surface area contributed by atoms with E-state index < -0.39 is 18.2 Å². The van der Waals surface area contributed by atoms with Gasteiger partial charge in [-0.1, -0.05) is 66.7 Å². The Morgan fingerprint density at radius 1 is 0.659 bits per heavy atom. The van der Waals surface area contributed by atoms with Crippen LogP contribution in [0.5, 0.6) is 0 Å². The van der Waals surface area contributed by atoms with Crippen LogP contribution in [0.3, 0.4) is 0 Å². The lowest BCUT2D eigenvalue weighted by molar-refractivity contribution is -0.325. The second kappa shape index (κ2) is 20.6. The quantitative estimate of drug-likeness (QED) is 0.149. The van der Waals surface area contributed by atoms with E-state index in [0.717, 1.165) is 64.2 Å². The Morgan fingerprint density at radius 2 is 1.22 bits per heavy atom. The summed E-state index contributed by atoms with van der Waals surface area (Å²) in [5.74, 6) is -0.669. The molecule has 9 heteroatoms. The van der Waals surface area contributed by atoms with Gasteiger partial charge < -0.3 is 43.6 Å². The van der Waals surface area contributed by atoms with E-state index in [-0.39, 0.29) is 43.2 Å². The van der Waals surface area contributed by atoms with Gasteiger partial charge >= 0.3 is 0 Å². The van der Waals surface area contributed by atoms with Crippen molar-refractivity contribution in [1.29, 1.82) is 0 Å². The largest absolute Gasteiger partial charge is 0.379 e. The van der Waals surface area contributed by atoms with Crippen molar-refractivity contribution in [2.75, 3.05) is 39.6 Å². The SMILES string of the molecule is CCCCOCC1OC(OC[C@H](N)[C@@H]2OC(C)(C)O[C@@H]2CCC)C(OCCCC)C(OCCCC)C1OCCCC. The van der Waals surface area contributed by atoms with Crippen LogP contribution in [-0.4, -0.2) is 94.4 Å². The molecule has 5 unspecified atom stereocenters. The van der Waals surface area contributed by atoms with Crippen LogP contribution < -0.4 is 5.73 Å². The predicted molar refractivity (Wildman–Crippen MR) is 161 cm³/mol. The van der Waals surface area contributed by atoms with Gasteiger partial charge in [-0.15, -0.1) is 0 Å². The molecule has 0 aromatic heterocycles. The molecule has 0 aromatic carbocycles. The molecule has 0 aromatic rings. The van der Waals surface area contributed by atoms with E-state index in [1.165, 1.54) is 0 Å². The van der Waals surface area contributed by atoms with Crippen LogP contribution in [0.4, 0.5) is 0 Å². The van der Waals surface area contributed by atoms with E-state index in [1.807, 2.05) is 13.8 Å². The van der Waals surface area contributed by atoms with Crippen molar-refractivity contribution >= 4 is 0 Å². The topological polar surface area (TPSA) is 99.9 Å². The molecule has 41 heavy (non-hydrogen) atoms. The number of nitrogens with two attached hydrogens (primary N) is 1. The first-order chi connectivity index (χ1) is 19.8. The summed E-state index contributed by atoms with van der Waals surface area (Å²) < 4.78 is 51.0.